The zero-order valence-corrected chi connectivity index (χ0v) is 10.2. The van der Waals surface area contributed by atoms with E-state index in [1.807, 2.05) is 0 Å². The molecule has 0 heterocycles. The van der Waals surface area contributed by atoms with Gasteiger partial charge in [0.15, 0.2) is 0 Å². The van der Waals surface area contributed by atoms with Crippen molar-refractivity contribution in [2.75, 3.05) is 11.9 Å². The van der Waals surface area contributed by atoms with E-state index in [1.54, 1.807) is 0 Å². The maximum atomic E-state index is 5.54. The smallest absolute Gasteiger partial charge is 0.0614 e. The first-order valence-corrected chi connectivity index (χ1v) is 6.29. The van der Waals surface area contributed by atoms with Crippen LogP contribution < -0.4 is 5.32 Å². The van der Waals surface area contributed by atoms with Gasteiger partial charge < -0.3 is 10.1 Å². The minimum atomic E-state index is 0.484. The molecule has 0 aromatic heterocycles. The van der Waals surface area contributed by atoms with Crippen LogP contribution >= 0.6 is 0 Å². The molecule has 1 aromatic carbocycles. The van der Waals surface area contributed by atoms with Gasteiger partial charge in [0.05, 0.1) is 6.10 Å². The molecule has 88 valence electrons. The number of anilines is 1. The molecule has 2 nitrogen and oxygen atoms in total. The van der Waals surface area contributed by atoms with Gasteiger partial charge in [-0.25, -0.2) is 0 Å². The molecule has 0 radical (unpaired) electrons. The first-order valence-electron chi connectivity index (χ1n) is 6.29. The predicted octanol–water partition coefficient (Wildman–Crippen LogP) is 3.23. The van der Waals surface area contributed by atoms with E-state index < -0.39 is 0 Å². The van der Waals surface area contributed by atoms with Crippen molar-refractivity contribution in [1.29, 1.82) is 0 Å². The molecule has 1 aliphatic rings. The van der Waals surface area contributed by atoms with Gasteiger partial charge in [0, 0.05) is 18.3 Å². The standard InChI is InChI=1S/C14H21NO/c1-3-11-5-7-12(8-6-11)15-13-9-14(10-13)16-4-2/h5-8,13-15H,3-4,9-10H2,1-2H3. The molecule has 1 aromatic rings. The molecular weight excluding hydrogens is 198 g/mol. The highest BCUT2D eigenvalue weighted by Gasteiger charge is 2.29. The number of ether oxygens (including phenoxy) is 1. The van der Waals surface area contributed by atoms with Gasteiger partial charge in [-0.15, -0.1) is 0 Å². The molecule has 0 amide bonds. The Hall–Kier alpha value is -1.02. The SMILES string of the molecule is CCOC1CC(Nc2ccc(CC)cc2)C1. The summed E-state index contributed by atoms with van der Waals surface area (Å²) in [5.74, 6) is 0. The van der Waals surface area contributed by atoms with Crippen LogP contribution in [0.1, 0.15) is 32.3 Å². The van der Waals surface area contributed by atoms with E-state index in [2.05, 4.69) is 43.4 Å². The highest BCUT2D eigenvalue weighted by molar-refractivity contribution is 5.46. The quantitative estimate of drug-likeness (QED) is 0.821. The van der Waals surface area contributed by atoms with Crippen LogP contribution in [0.4, 0.5) is 5.69 Å². The second-order valence-corrected chi connectivity index (χ2v) is 4.44. The lowest BCUT2D eigenvalue weighted by Crippen LogP contribution is -2.40. The first-order chi connectivity index (χ1) is 7.81. The van der Waals surface area contributed by atoms with E-state index in [-0.39, 0.29) is 0 Å². The molecule has 0 bridgehead atoms. The molecule has 0 saturated heterocycles. The lowest BCUT2D eigenvalue weighted by atomic mass is 9.89. The summed E-state index contributed by atoms with van der Waals surface area (Å²) < 4.78 is 5.54. The molecule has 0 aliphatic heterocycles. The third kappa shape index (κ3) is 2.76. The predicted molar refractivity (Wildman–Crippen MR) is 67.9 cm³/mol. The second kappa shape index (κ2) is 5.35. The molecular formula is C14H21NO. The Morgan fingerprint density at radius 3 is 2.44 bits per heavy atom. The van der Waals surface area contributed by atoms with Crippen molar-refractivity contribution < 1.29 is 4.74 Å². The monoisotopic (exact) mass is 219 g/mol. The van der Waals surface area contributed by atoms with E-state index in [1.165, 1.54) is 11.3 Å². The Kier molecular flexibility index (Phi) is 3.83. The summed E-state index contributed by atoms with van der Waals surface area (Å²) in [6.07, 6.45) is 3.88. The van der Waals surface area contributed by atoms with E-state index in [0.717, 1.165) is 25.9 Å². The zero-order chi connectivity index (χ0) is 11.4. The number of aryl methyl sites for hydroxylation is 1. The van der Waals surface area contributed by atoms with Gasteiger partial charge in [-0.2, -0.15) is 0 Å². The highest BCUT2D eigenvalue weighted by Crippen LogP contribution is 2.26. The molecule has 1 aliphatic carbocycles. The van der Waals surface area contributed by atoms with Crippen molar-refractivity contribution in [2.45, 2.75) is 45.3 Å². The zero-order valence-electron chi connectivity index (χ0n) is 10.2. The van der Waals surface area contributed by atoms with Gasteiger partial charge >= 0.3 is 0 Å². The number of nitrogens with one attached hydrogen (secondary N) is 1. The average molecular weight is 219 g/mol. The van der Waals surface area contributed by atoms with E-state index >= 15 is 0 Å². The third-order valence-electron chi connectivity index (χ3n) is 3.23. The molecule has 1 N–H and O–H groups in total. The number of hydrogen-bond acceptors (Lipinski definition) is 2. The lowest BCUT2D eigenvalue weighted by molar-refractivity contribution is 0.00299. The molecule has 16 heavy (non-hydrogen) atoms. The summed E-state index contributed by atoms with van der Waals surface area (Å²) in [6.45, 7) is 5.08. The Balaban J connectivity index is 1.78. The first kappa shape index (κ1) is 11.5. The topological polar surface area (TPSA) is 21.3 Å². The van der Waals surface area contributed by atoms with Gasteiger partial charge in [0.1, 0.15) is 0 Å². The van der Waals surface area contributed by atoms with Gasteiger partial charge in [-0.05, 0) is 43.9 Å². The van der Waals surface area contributed by atoms with Crippen LogP contribution in [0, 0.1) is 0 Å². The summed E-state index contributed by atoms with van der Waals surface area (Å²) in [4.78, 5) is 0. The Morgan fingerprint density at radius 2 is 1.88 bits per heavy atom. The van der Waals surface area contributed by atoms with Crippen molar-refractivity contribution >= 4 is 5.69 Å². The van der Waals surface area contributed by atoms with E-state index in [0.29, 0.717) is 12.1 Å². The van der Waals surface area contributed by atoms with Crippen LogP contribution in [0.5, 0.6) is 0 Å². The molecule has 2 rings (SSSR count). The van der Waals surface area contributed by atoms with Crippen LogP contribution in [-0.2, 0) is 11.2 Å². The Labute approximate surface area is 98.0 Å². The van der Waals surface area contributed by atoms with Crippen LogP contribution in [-0.4, -0.2) is 18.8 Å². The summed E-state index contributed by atoms with van der Waals surface area (Å²) >= 11 is 0. The second-order valence-electron chi connectivity index (χ2n) is 4.44. The third-order valence-corrected chi connectivity index (χ3v) is 3.23. The van der Waals surface area contributed by atoms with Crippen molar-refractivity contribution in [3.05, 3.63) is 29.8 Å². The lowest BCUT2D eigenvalue weighted by Gasteiger charge is -2.36. The molecule has 1 fully saturated rings. The maximum absolute atomic E-state index is 5.54. The van der Waals surface area contributed by atoms with Crippen LogP contribution in [0.25, 0.3) is 0 Å². The van der Waals surface area contributed by atoms with Crippen LogP contribution in [0.15, 0.2) is 24.3 Å². The summed E-state index contributed by atoms with van der Waals surface area (Å²) in [7, 11) is 0. The fourth-order valence-electron chi connectivity index (χ4n) is 2.13. The molecule has 2 heteroatoms. The summed E-state index contributed by atoms with van der Waals surface area (Å²) in [6, 6.07) is 9.34. The molecule has 0 spiro atoms. The van der Waals surface area contributed by atoms with Crippen LogP contribution in [0.2, 0.25) is 0 Å². The fraction of sp³-hybridized carbons (Fsp3) is 0.571. The minimum Gasteiger partial charge on any atom is -0.382 e. The molecule has 0 unspecified atom stereocenters. The fourth-order valence-corrected chi connectivity index (χ4v) is 2.13. The minimum absolute atomic E-state index is 0.484. The van der Waals surface area contributed by atoms with Gasteiger partial charge in [-0.1, -0.05) is 19.1 Å². The summed E-state index contributed by atoms with van der Waals surface area (Å²) in [5.41, 5.74) is 2.63. The molecule has 1 saturated carbocycles. The van der Waals surface area contributed by atoms with Crippen molar-refractivity contribution in [2.24, 2.45) is 0 Å². The highest BCUT2D eigenvalue weighted by atomic mass is 16.5. The van der Waals surface area contributed by atoms with Crippen molar-refractivity contribution in [3.63, 3.8) is 0 Å². The summed E-state index contributed by atoms with van der Waals surface area (Å²) in [5, 5.41) is 3.54. The number of hydrogen-bond donors (Lipinski definition) is 1. The Bertz CT molecular complexity index is 314. The normalized spacial score (nSPS) is 23.9. The largest absolute Gasteiger partial charge is 0.382 e. The van der Waals surface area contributed by atoms with Crippen molar-refractivity contribution in [3.8, 4) is 0 Å². The van der Waals surface area contributed by atoms with E-state index in [4.69, 9.17) is 4.74 Å². The average Bonchev–Trinajstić information content (AvgIpc) is 2.27. The molecule has 0 atom stereocenters. The van der Waals surface area contributed by atoms with Gasteiger partial charge in [0.25, 0.3) is 0 Å². The van der Waals surface area contributed by atoms with Crippen molar-refractivity contribution in [1.82, 2.24) is 0 Å². The van der Waals surface area contributed by atoms with Gasteiger partial charge in [0.2, 0.25) is 0 Å². The van der Waals surface area contributed by atoms with E-state index in [9.17, 15) is 0 Å². The van der Waals surface area contributed by atoms with Crippen LogP contribution in [0.3, 0.4) is 0 Å². The number of benzene rings is 1. The Morgan fingerprint density at radius 1 is 1.19 bits per heavy atom. The maximum Gasteiger partial charge on any atom is 0.0614 e. The number of rotatable bonds is 5. The van der Waals surface area contributed by atoms with Gasteiger partial charge in [-0.3, -0.25) is 0 Å².